The van der Waals surface area contributed by atoms with E-state index in [1.807, 2.05) is 0 Å². The fraction of sp³-hybridized carbons (Fsp3) is 1.00. The lowest BCUT2D eigenvalue weighted by atomic mass is 10.1. The summed E-state index contributed by atoms with van der Waals surface area (Å²) in [6, 6.07) is 0.0578. The molecule has 6 heteroatoms. The molecule has 5 nitrogen and oxygen atoms in total. The Hall–Kier alpha value is -0.170. The van der Waals surface area contributed by atoms with Crippen LogP contribution < -0.4 is 0 Å². The molecular formula is C9H19NO4S. The van der Waals surface area contributed by atoms with Crippen LogP contribution in [0.1, 0.15) is 19.3 Å². The maximum absolute atomic E-state index is 11.8. The number of sulfonamides is 1. The van der Waals surface area contributed by atoms with E-state index < -0.39 is 10.0 Å². The summed E-state index contributed by atoms with van der Waals surface area (Å²) in [4.78, 5) is 0. The maximum Gasteiger partial charge on any atom is 0.214 e. The van der Waals surface area contributed by atoms with Crippen molar-refractivity contribution in [3.8, 4) is 0 Å². The average Bonchev–Trinajstić information content (AvgIpc) is 2.26. The first-order valence-electron chi connectivity index (χ1n) is 5.22. The minimum atomic E-state index is -3.20. The molecule has 1 rings (SSSR count). The van der Waals surface area contributed by atoms with E-state index in [0.717, 1.165) is 12.8 Å². The average molecular weight is 237 g/mol. The molecule has 0 spiro atoms. The molecule has 1 fully saturated rings. The second-order valence-electron chi connectivity index (χ2n) is 3.75. The van der Waals surface area contributed by atoms with Crippen molar-refractivity contribution in [3.63, 3.8) is 0 Å². The Morgan fingerprint density at radius 1 is 1.40 bits per heavy atom. The van der Waals surface area contributed by atoms with E-state index in [0.29, 0.717) is 19.6 Å². The molecule has 0 aromatic heterocycles. The van der Waals surface area contributed by atoms with Gasteiger partial charge in [-0.1, -0.05) is 0 Å². The predicted octanol–water partition coefficient (Wildman–Crippen LogP) is -0.191. The van der Waals surface area contributed by atoms with Crippen LogP contribution in [0.15, 0.2) is 0 Å². The minimum absolute atomic E-state index is 0.0252. The second-order valence-corrected chi connectivity index (χ2v) is 5.90. The molecule has 0 saturated carbocycles. The molecule has 1 saturated heterocycles. The Morgan fingerprint density at radius 3 is 2.53 bits per heavy atom. The Bertz CT molecular complexity index is 272. The predicted molar refractivity (Wildman–Crippen MR) is 57.1 cm³/mol. The van der Waals surface area contributed by atoms with Gasteiger partial charge in [0.1, 0.15) is 0 Å². The molecule has 15 heavy (non-hydrogen) atoms. The van der Waals surface area contributed by atoms with Crippen molar-refractivity contribution < 1.29 is 18.3 Å². The zero-order valence-electron chi connectivity index (χ0n) is 9.05. The van der Waals surface area contributed by atoms with Gasteiger partial charge in [-0.15, -0.1) is 0 Å². The molecule has 0 aromatic rings. The molecule has 1 aliphatic heterocycles. The SMILES string of the molecule is CN(C1CCOCC1)S(=O)(=O)CCCO. The van der Waals surface area contributed by atoms with Crippen molar-refractivity contribution in [1.82, 2.24) is 4.31 Å². The Kier molecular flexibility index (Phi) is 4.98. The lowest BCUT2D eigenvalue weighted by Crippen LogP contribution is -2.41. The quantitative estimate of drug-likeness (QED) is 0.719. The highest BCUT2D eigenvalue weighted by Gasteiger charge is 2.27. The van der Waals surface area contributed by atoms with Gasteiger partial charge in [0.25, 0.3) is 0 Å². The van der Waals surface area contributed by atoms with Crippen molar-refractivity contribution in [2.75, 3.05) is 32.6 Å². The molecule has 1 aliphatic rings. The van der Waals surface area contributed by atoms with Gasteiger partial charge >= 0.3 is 0 Å². The van der Waals surface area contributed by atoms with E-state index >= 15 is 0 Å². The van der Waals surface area contributed by atoms with Crippen molar-refractivity contribution >= 4 is 10.0 Å². The van der Waals surface area contributed by atoms with Gasteiger partial charge in [-0.25, -0.2) is 12.7 Å². The maximum atomic E-state index is 11.8. The van der Waals surface area contributed by atoms with Crippen LogP contribution in [0.5, 0.6) is 0 Å². The highest BCUT2D eigenvalue weighted by Crippen LogP contribution is 2.16. The highest BCUT2D eigenvalue weighted by molar-refractivity contribution is 7.89. The molecule has 0 radical (unpaired) electrons. The topological polar surface area (TPSA) is 66.8 Å². The Balaban J connectivity index is 2.53. The minimum Gasteiger partial charge on any atom is -0.396 e. The van der Waals surface area contributed by atoms with Crippen LogP contribution in [0.3, 0.4) is 0 Å². The number of aliphatic hydroxyl groups is 1. The fourth-order valence-electron chi connectivity index (χ4n) is 1.67. The molecule has 0 aliphatic carbocycles. The number of hydrogen-bond donors (Lipinski definition) is 1. The molecule has 0 amide bonds. The number of aliphatic hydroxyl groups excluding tert-OH is 1. The smallest absolute Gasteiger partial charge is 0.214 e. The van der Waals surface area contributed by atoms with Gasteiger partial charge in [0.05, 0.1) is 5.75 Å². The van der Waals surface area contributed by atoms with Crippen LogP contribution in [0.25, 0.3) is 0 Å². The van der Waals surface area contributed by atoms with E-state index in [1.165, 1.54) is 4.31 Å². The highest BCUT2D eigenvalue weighted by atomic mass is 32.2. The third-order valence-electron chi connectivity index (χ3n) is 2.70. The normalized spacial score (nSPS) is 19.7. The van der Waals surface area contributed by atoms with Gasteiger partial charge < -0.3 is 9.84 Å². The van der Waals surface area contributed by atoms with Gasteiger partial charge in [0.15, 0.2) is 0 Å². The van der Waals surface area contributed by atoms with Gasteiger partial charge in [-0.3, -0.25) is 0 Å². The van der Waals surface area contributed by atoms with E-state index in [-0.39, 0.29) is 18.4 Å². The van der Waals surface area contributed by atoms with E-state index in [4.69, 9.17) is 9.84 Å². The first-order chi connectivity index (χ1) is 7.08. The van der Waals surface area contributed by atoms with Gasteiger partial charge in [0.2, 0.25) is 10.0 Å². The summed E-state index contributed by atoms with van der Waals surface area (Å²) in [7, 11) is -1.59. The summed E-state index contributed by atoms with van der Waals surface area (Å²) >= 11 is 0. The zero-order chi connectivity index (χ0) is 11.3. The number of nitrogens with zero attached hydrogens (tertiary/aromatic N) is 1. The number of ether oxygens (including phenoxy) is 1. The van der Waals surface area contributed by atoms with Crippen LogP contribution in [-0.2, 0) is 14.8 Å². The zero-order valence-corrected chi connectivity index (χ0v) is 9.87. The van der Waals surface area contributed by atoms with Crippen molar-refractivity contribution in [2.24, 2.45) is 0 Å². The van der Waals surface area contributed by atoms with Crippen LogP contribution in [0.2, 0.25) is 0 Å². The summed E-state index contributed by atoms with van der Waals surface area (Å²) in [6.45, 7) is 1.18. The van der Waals surface area contributed by atoms with Crippen molar-refractivity contribution in [3.05, 3.63) is 0 Å². The molecule has 1 heterocycles. The first-order valence-corrected chi connectivity index (χ1v) is 6.83. The fourth-order valence-corrected chi connectivity index (χ4v) is 3.11. The lowest BCUT2D eigenvalue weighted by Gasteiger charge is -2.30. The molecule has 0 unspecified atom stereocenters. The summed E-state index contributed by atoms with van der Waals surface area (Å²) in [5, 5.41) is 8.62. The van der Waals surface area contributed by atoms with Gasteiger partial charge in [-0.05, 0) is 19.3 Å². The summed E-state index contributed by atoms with van der Waals surface area (Å²) in [5.74, 6) is 0.0252. The largest absolute Gasteiger partial charge is 0.396 e. The van der Waals surface area contributed by atoms with E-state index in [9.17, 15) is 8.42 Å². The van der Waals surface area contributed by atoms with Gasteiger partial charge in [-0.2, -0.15) is 0 Å². The van der Waals surface area contributed by atoms with Crippen LogP contribution in [-0.4, -0.2) is 56.5 Å². The summed E-state index contributed by atoms with van der Waals surface area (Å²) in [6.07, 6.45) is 1.82. The molecular weight excluding hydrogens is 218 g/mol. The monoisotopic (exact) mass is 237 g/mol. The van der Waals surface area contributed by atoms with Crippen molar-refractivity contribution in [2.45, 2.75) is 25.3 Å². The Labute approximate surface area is 91.1 Å². The third kappa shape index (κ3) is 3.71. The summed E-state index contributed by atoms with van der Waals surface area (Å²) in [5.41, 5.74) is 0. The number of hydrogen-bond acceptors (Lipinski definition) is 4. The number of rotatable bonds is 5. The molecule has 1 N–H and O–H groups in total. The van der Waals surface area contributed by atoms with E-state index in [1.54, 1.807) is 7.05 Å². The molecule has 0 atom stereocenters. The van der Waals surface area contributed by atoms with E-state index in [2.05, 4.69) is 0 Å². The van der Waals surface area contributed by atoms with Crippen LogP contribution >= 0.6 is 0 Å². The first kappa shape index (κ1) is 12.9. The molecule has 0 bridgehead atoms. The second kappa shape index (κ2) is 5.79. The molecule has 90 valence electrons. The third-order valence-corrected chi connectivity index (χ3v) is 4.68. The summed E-state index contributed by atoms with van der Waals surface area (Å²) < 4.78 is 30.1. The van der Waals surface area contributed by atoms with Crippen molar-refractivity contribution in [1.29, 1.82) is 0 Å². The standard InChI is InChI=1S/C9H19NO4S/c1-10(9-3-6-14-7-4-9)15(12,13)8-2-5-11/h9,11H,2-8H2,1H3. The lowest BCUT2D eigenvalue weighted by molar-refractivity contribution is 0.0632. The van der Waals surface area contributed by atoms with Crippen LogP contribution in [0, 0.1) is 0 Å². The van der Waals surface area contributed by atoms with Gasteiger partial charge in [0, 0.05) is 32.9 Å². The van der Waals surface area contributed by atoms with Crippen LogP contribution in [0.4, 0.5) is 0 Å². The Morgan fingerprint density at radius 2 is 2.00 bits per heavy atom. The molecule has 0 aromatic carbocycles.